The fourth-order valence-corrected chi connectivity index (χ4v) is 4.48. The number of benzene rings is 1. The summed E-state index contributed by atoms with van der Waals surface area (Å²) in [6, 6.07) is 9.85. The van der Waals surface area contributed by atoms with Crippen LogP contribution in [0.15, 0.2) is 47.6 Å². The van der Waals surface area contributed by atoms with Gasteiger partial charge in [0.15, 0.2) is 0 Å². The Morgan fingerprint density at radius 1 is 1.12 bits per heavy atom. The van der Waals surface area contributed by atoms with Crippen molar-refractivity contribution >= 4 is 60.8 Å². The minimum atomic E-state index is 0.715. The Kier molecular flexibility index (Phi) is 4.50. The summed E-state index contributed by atoms with van der Waals surface area (Å²) < 4.78 is 1.07. The van der Waals surface area contributed by atoms with Crippen LogP contribution in [-0.2, 0) is 5.75 Å². The number of halogens is 1. The van der Waals surface area contributed by atoms with Gasteiger partial charge < -0.3 is 4.90 Å². The molecule has 7 heteroatoms. The lowest BCUT2D eigenvalue weighted by atomic mass is 10.2. The summed E-state index contributed by atoms with van der Waals surface area (Å²) in [4.78, 5) is 18.1. The van der Waals surface area contributed by atoms with Crippen molar-refractivity contribution in [3.05, 3.63) is 53.6 Å². The molecule has 0 unspecified atom stereocenters. The predicted molar refractivity (Wildman–Crippen MR) is 108 cm³/mol. The molecule has 0 bridgehead atoms. The predicted octanol–water partition coefficient (Wildman–Crippen LogP) is 5.25. The molecule has 3 aromatic heterocycles. The smallest absolute Gasteiger partial charge is 0.139 e. The van der Waals surface area contributed by atoms with Crippen LogP contribution >= 0.6 is 34.7 Å². The normalized spacial score (nSPS) is 11.3. The van der Waals surface area contributed by atoms with Crippen molar-refractivity contribution in [2.75, 3.05) is 19.0 Å². The molecular weight excluding hydrogens is 372 g/mol. The average molecular weight is 387 g/mol. The summed E-state index contributed by atoms with van der Waals surface area (Å²) >= 11 is 9.27. The number of aromatic nitrogens is 3. The van der Waals surface area contributed by atoms with Crippen LogP contribution in [0.3, 0.4) is 0 Å². The zero-order chi connectivity index (χ0) is 17.4. The highest BCUT2D eigenvalue weighted by Crippen LogP contribution is 2.36. The summed E-state index contributed by atoms with van der Waals surface area (Å²) in [5.41, 5.74) is 2.12. The number of thiophene rings is 1. The van der Waals surface area contributed by atoms with Crippen LogP contribution < -0.4 is 4.90 Å². The van der Waals surface area contributed by atoms with Crippen LogP contribution in [0.25, 0.3) is 20.4 Å². The van der Waals surface area contributed by atoms with Gasteiger partial charge in [0.25, 0.3) is 0 Å². The lowest BCUT2D eigenvalue weighted by Gasteiger charge is -2.13. The highest BCUT2D eigenvalue weighted by Gasteiger charge is 2.14. The van der Waals surface area contributed by atoms with Gasteiger partial charge in [-0.15, -0.1) is 23.1 Å². The molecular formula is C18H15ClN4S2. The van der Waals surface area contributed by atoms with Crippen molar-refractivity contribution in [3.8, 4) is 0 Å². The van der Waals surface area contributed by atoms with Gasteiger partial charge in [-0.3, -0.25) is 0 Å². The molecule has 1 aromatic carbocycles. The fourth-order valence-electron chi connectivity index (χ4n) is 2.62. The summed E-state index contributed by atoms with van der Waals surface area (Å²) in [7, 11) is 4.08. The van der Waals surface area contributed by atoms with E-state index < -0.39 is 0 Å². The van der Waals surface area contributed by atoms with Crippen molar-refractivity contribution < 1.29 is 0 Å². The van der Waals surface area contributed by atoms with E-state index in [1.807, 2.05) is 56.8 Å². The minimum absolute atomic E-state index is 0.715. The number of nitrogens with zero attached hydrogens (tertiary/aromatic N) is 4. The van der Waals surface area contributed by atoms with Gasteiger partial charge in [0.1, 0.15) is 10.7 Å². The van der Waals surface area contributed by atoms with Crippen LogP contribution in [-0.4, -0.2) is 29.0 Å². The van der Waals surface area contributed by atoms with E-state index in [4.69, 9.17) is 16.6 Å². The zero-order valence-electron chi connectivity index (χ0n) is 13.7. The maximum Gasteiger partial charge on any atom is 0.139 e. The SMILES string of the molecule is CN(C)c1ccnc2sc3cnc(CSc4ccc(Cl)cc4)nc3c12. The van der Waals surface area contributed by atoms with Gasteiger partial charge in [0.05, 0.1) is 27.0 Å². The third kappa shape index (κ3) is 3.29. The number of hydrogen-bond acceptors (Lipinski definition) is 6. The van der Waals surface area contributed by atoms with Gasteiger partial charge in [-0.1, -0.05) is 11.6 Å². The van der Waals surface area contributed by atoms with E-state index in [1.165, 1.54) is 0 Å². The van der Waals surface area contributed by atoms with Crippen LogP contribution in [0.4, 0.5) is 5.69 Å². The van der Waals surface area contributed by atoms with Gasteiger partial charge in [-0.05, 0) is 30.3 Å². The van der Waals surface area contributed by atoms with Crippen molar-refractivity contribution in [2.24, 2.45) is 0 Å². The summed E-state index contributed by atoms with van der Waals surface area (Å²) in [5.74, 6) is 1.53. The molecule has 0 aliphatic heterocycles. The standard InChI is InChI=1S/C18H15ClN4S2/c1-23(2)13-7-8-20-18-16(13)17-14(25-18)9-21-15(22-17)10-24-12-5-3-11(19)4-6-12/h3-9H,10H2,1-2H3. The maximum atomic E-state index is 5.93. The lowest BCUT2D eigenvalue weighted by molar-refractivity contribution is 1.07. The van der Waals surface area contributed by atoms with Gasteiger partial charge in [0.2, 0.25) is 0 Å². The second kappa shape index (κ2) is 6.78. The number of rotatable bonds is 4. The van der Waals surface area contributed by atoms with Crippen molar-refractivity contribution in [1.29, 1.82) is 0 Å². The first-order valence-electron chi connectivity index (χ1n) is 7.70. The van der Waals surface area contributed by atoms with Gasteiger partial charge in [-0.2, -0.15) is 0 Å². The largest absolute Gasteiger partial charge is 0.377 e. The second-order valence-corrected chi connectivity index (χ2v) is 8.26. The van der Waals surface area contributed by atoms with E-state index in [9.17, 15) is 0 Å². The maximum absolute atomic E-state index is 5.93. The molecule has 0 N–H and O–H groups in total. The number of fused-ring (bicyclic) bond motifs is 3. The average Bonchev–Trinajstić information content (AvgIpc) is 2.99. The molecule has 0 amide bonds. The van der Waals surface area contributed by atoms with Gasteiger partial charge in [-0.25, -0.2) is 15.0 Å². The third-order valence-electron chi connectivity index (χ3n) is 3.81. The molecule has 0 saturated carbocycles. The number of thioether (sulfide) groups is 1. The molecule has 0 radical (unpaired) electrons. The van der Waals surface area contributed by atoms with E-state index in [-0.39, 0.29) is 0 Å². The molecule has 0 fully saturated rings. The van der Waals surface area contributed by atoms with Gasteiger partial charge in [0, 0.05) is 36.4 Å². The lowest BCUT2D eigenvalue weighted by Crippen LogP contribution is -2.09. The Hall–Kier alpha value is -1.89. The Balaban J connectivity index is 1.71. The Morgan fingerprint density at radius 3 is 2.68 bits per heavy atom. The molecule has 4 aromatic rings. The van der Waals surface area contributed by atoms with Crippen molar-refractivity contribution in [1.82, 2.24) is 15.0 Å². The first kappa shape index (κ1) is 16.6. The second-order valence-electron chi connectivity index (χ2n) is 5.75. The molecule has 0 saturated heterocycles. The molecule has 4 nitrogen and oxygen atoms in total. The molecule has 4 rings (SSSR count). The van der Waals surface area contributed by atoms with Gasteiger partial charge >= 0.3 is 0 Å². The van der Waals surface area contributed by atoms with Crippen LogP contribution in [0.2, 0.25) is 5.02 Å². The quantitative estimate of drug-likeness (QED) is 0.448. The Morgan fingerprint density at radius 2 is 1.92 bits per heavy atom. The topological polar surface area (TPSA) is 41.9 Å². The molecule has 126 valence electrons. The third-order valence-corrected chi connectivity index (χ3v) is 6.09. The Labute approximate surface area is 158 Å². The first-order chi connectivity index (χ1) is 12.1. The highest BCUT2D eigenvalue weighted by atomic mass is 35.5. The summed E-state index contributed by atoms with van der Waals surface area (Å²) in [5, 5.41) is 1.85. The fraction of sp³-hybridized carbons (Fsp3) is 0.167. The van der Waals surface area contributed by atoms with Crippen molar-refractivity contribution in [3.63, 3.8) is 0 Å². The zero-order valence-corrected chi connectivity index (χ0v) is 16.1. The van der Waals surface area contributed by atoms with Crippen LogP contribution in [0.1, 0.15) is 5.82 Å². The minimum Gasteiger partial charge on any atom is -0.377 e. The van der Waals surface area contributed by atoms with Crippen molar-refractivity contribution in [2.45, 2.75) is 10.6 Å². The molecule has 3 heterocycles. The Bertz CT molecular complexity index is 1040. The number of hydrogen-bond donors (Lipinski definition) is 0. The summed E-state index contributed by atoms with van der Waals surface area (Å²) in [6.07, 6.45) is 3.75. The van der Waals surface area contributed by atoms with E-state index in [2.05, 4.69) is 14.9 Å². The molecule has 0 spiro atoms. The van der Waals surface area contributed by atoms with Crippen LogP contribution in [0, 0.1) is 0 Å². The molecule has 25 heavy (non-hydrogen) atoms. The number of pyridine rings is 1. The van der Waals surface area contributed by atoms with E-state index in [0.717, 1.165) is 41.9 Å². The highest BCUT2D eigenvalue weighted by molar-refractivity contribution is 7.98. The molecule has 0 atom stereocenters. The molecule has 0 aliphatic carbocycles. The van der Waals surface area contributed by atoms with Crippen LogP contribution in [0.5, 0.6) is 0 Å². The first-order valence-corrected chi connectivity index (χ1v) is 9.88. The van der Waals surface area contributed by atoms with E-state index >= 15 is 0 Å². The molecule has 0 aliphatic rings. The summed E-state index contributed by atoms with van der Waals surface area (Å²) in [6.45, 7) is 0. The number of anilines is 1. The van der Waals surface area contributed by atoms with E-state index in [0.29, 0.717) is 5.75 Å². The van der Waals surface area contributed by atoms with E-state index in [1.54, 1.807) is 23.1 Å². The monoisotopic (exact) mass is 386 g/mol.